The fourth-order valence-electron chi connectivity index (χ4n) is 1.29. The number of carbonyl (C=O) groups is 1. The van der Waals surface area contributed by atoms with Crippen molar-refractivity contribution in [2.24, 2.45) is 0 Å². The van der Waals surface area contributed by atoms with Crippen LogP contribution in [0.1, 0.15) is 37.6 Å². The van der Waals surface area contributed by atoms with Gasteiger partial charge in [0, 0.05) is 6.42 Å². The molecule has 2 nitrogen and oxygen atoms in total. The number of benzene rings is 1. The average Bonchev–Trinajstić information content (AvgIpc) is 2.16. The summed E-state index contributed by atoms with van der Waals surface area (Å²) in [6, 6.07) is 7.01. The summed E-state index contributed by atoms with van der Waals surface area (Å²) in [5, 5.41) is 0. The number of rotatable bonds is 5. The van der Waals surface area contributed by atoms with Crippen LogP contribution in [-0.2, 0) is 0 Å². The highest BCUT2D eigenvalue weighted by Crippen LogP contribution is 2.20. The standard InChI is InChI=1S/C13H17FO2/c1-10(15)11-6-4-5-7-12(11)16-9-8-13(2,3)14/h4-7H,8-9H2,1-3H3. The number of carbonyl (C=O) groups excluding carboxylic acids is 1. The van der Waals surface area contributed by atoms with Gasteiger partial charge in [-0.15, -0.1) is 0 Å². The maximum Gasteiger partial charge on any atom is 0.163 e. The Morgan fingerprint density at radius 1 is 1.38 bits per heavy atom. The molecule has 0 aliphatic rings. The molecule has 88 valence electrons. The Morgan fingerprint density at radius 3 is 2.56 bits per heavy atom. The number of para-hydroxylation sites is 1. The minimum atomic E-state index is -1.24. The minimum absolute atomic E-state index is 0.0462. The lowest BCUT2D eigenvalue weighted by Gasteiger charge is -2.15. The molecule has 0 radical (unpaired) electrons. The number of hydrogen-bond acceptors (Lipinski definition) is 2. The van der Waals surface area contributed by atoms with Crippen LogP contribution in [0.3, 0.4) is 0 Å². The van der Waals surface area contributed by atoms with E-state index in [1.165, 1.54) is 20.8 Å². The Balaban J connectivity index is 2.64. The van der Waals surface area contributed by atoms with Crippen molar-refractivity contribution in [3.05, 3.63) is 29.8 Å². The van der Waals surface area contributed by atoms with Crippen molar-refractivity contribution in [2.45, 2.75) is 32.9 Å². The summed E-state index contributed by atoms with van der Waals surface area (Å²) >= 11 is 0. The van der Waals surface area contributed by atoms with Crippen LogP contribution in [0.25, 0.3) is 0 Å². The predicted octanol–water partition coefficient (Wildman–Crippen LogP) is 3.41. The second-order valence-electron chi connectivity index (χ2n) is 4.37. The first kappa shape index (κ1) is 12.7. The third-order valence-electron chi connectivity index (χ3n) is 2.22. The average molecular weight is 224 g/mol. The summed E-state index contributed by atoms with van der Waals surface area (Å²) in [5.41, 5.74) is -0.704. The van der Waals surface area contributed by atoms with Crippen LogP contribution in [0.15, 0.2) is 24.3 Å². The van der Waals surface area contributed by atoms with E-state index in [1.54, 1.807) is 24.3 Å². The normalized spacial score (nSPS) is 11.2. The maximum absolute atomic E-state index is 13.2. The molecule has 1 aromatic carbocycles. The van der Waals surface area contributed by atoms with Gasteiger partial charge in [-0.1, -0.05) is 12.1 Å². The number of Topliss-reactive ketones (excluding diaryl/α,β-unsaturated/α-hetero) is 1. The Kier molecular flexibility index (Phi) is 4.05. The van der Waals surface area contributed by atoms with E-state index in [1.807, 2.05) is 0 Å². The van der Waals surface area contributed by atoms with E-state index in [4.69, 9.17) is 4.74 Å². The fraction of sp³-hybridized carbons (Fsp3) is 0.462. The van der Waals surface area contributed by atoms with Gasteiger partial charge in [0.2, 0.25) is 0 Å². The third-order valence-corrected chi connectivity index (χ3v) is 2.22. The van der Waals surface area contributed by atoms with Gasteiger partial charge in [-0.25, -0.2) is 4.39 Å². The highest BCUT2D eigenvalue weighted by atomic mass is 19.1. The van der Waals surface area contributed by atoms with E-state index in [9.17, 15) is 9.18 Å². The molecule has 0 saturated heterocycles. The van der Waals surface area contributed by atoms with Crippen molar-refractivity contribution in [3.8, 4) is 5.75 Å². The Morgan fingerprint density at radius 2 is 2.00 bits per heavy atom. The van der Waals surface area contributed by atoms with Crippen molar-refractivity contribution >= 4 is 5.78 Å². The second-order valence-corrected chi connectivity index (χ2v) is 4.37. The van der Waals surface area contributed by atoms with E-state index in [0.29, 0.717) is 17.7 Å². The second kappa shape index (κ2) is 5.10. The van der Waals surface area contributed by atoms with Gasteiger partial charge >= 0.3 is 0 Å². The van der Waals surface area contributed by atoms with E-state index in [2.05, 4.69) is 0 Å². The van der Waals surface area contributed by atoms with Crippen LogP contribution in [0, 0.1) is 0 Å². The van der Waals surface area contributed by atoms with Crippen LogP contribution >= 0.6 is 0 Å². The molecule has 0 aliphatic carbocycles. The molecular formula is C13H17FO2. The van der Waals surface area contributed by atoms with Crippen LogP contribution in [0.2, 0.25) is 0 Å². The number of hydrogen-bond donors (Lipinski definition) is 0. The summed E-state index contributed by atoms with van der Waals surface area (Å²) in [6.07, 6.45) is 0.305. The van der Waals surface area contributed by atoms with Crippen molar-refractivity contribution in [3.63, 3.8) is 0 Å². The molecule has 0 aliphatic heterocycles. The first-order valence-corrected chi connectivity index (χ1v) is 5.32. The zero-order chi connectivity index (χ0) is 12.2. The molecular weight excluding hydrogens is 207 g/mol. The van der Waals surface area contributed by atoms with Crippen LogP contribution < -0.4 is 4.74 Å². The first-order valence-electron chi connectivity index (χ1n) is 5.32. The molecule has 0 heterocycles. The van der Waals surface area contributed by atoms with Gasteiger partial charge in [-0.3, -0.25) is 4.79 Å². The van der Waals surface area contributed by atoms with Gasteiger partial charge in [0.1, 0.15) is 11.4 Å². The van der Waals surface area contributed by atoms with Gasteiger partial charge in [-0.05, 0) is 32.9 Å². The maximum atomic E-state index is 13.2. The van der Waals surface area contributed by atoms with Gasteiger partial charge < -0.3 is 4.74 Å². The molecule has 0 bridgehead atoms. The summed E-state index contributed by atoms with van der Waals surface area (Å²) in [5.74, 6) is 0.481. The van der Waals surface area contributed by atoms with E-state index in [0.717, 1.165) is 0 Å². The summed E-state index contributed by atoms with van der Waals surface area (Å²) in [7, 11) is 0. The van der Waals surface area contributed by atoms with Crippen molar-refractivity contribution in [2.75, 3.05) is 6.61 Å². The Hall–Kier alpha value is -1.38. The lowest BCUT2D eigenvalue weighted by Crippen LogP contribution is -2.16. The lowest BCUT2D eigenvalue weighted by atomic mass is 10.1. The van der Waals surface area contributed by atoms with Crippen LogP contribution in [0.5, 0.6) is 5.75 Å². The molecule has 3 heteroatoms. The molecule has 0 spiro atoms. The molecule has 0 fully saturated rings. The summed E-state index contributed by atoms with van der Waals surface area (Å²) in [4.78, 5) is 11.3. The fourth-order valence-corrected chi connectivity index (χ4v) is 1.29. The quantitative estimate of drug-likeness (QED) is 0.716. The Bertz CT molecular complexity index is 366. The number of halogens is 1. The summed E-state index contributed by atoms with van der Waals surface area (Å²) in [6.45, 7) is 4.77. The highest BCUT2D eigenvalue weighted by Gasteiger charge is 2.16. The molecule has 0 N–H and O–H groups in total. The molecule has 1 rings (SSSR count). The Labute approximate surface area is 95.4 Å². The molecule has 0 aromatic heterocycles. The predicted molar refractivity (Wildman–Crippen MR) is 61.7 cm³/mol. The number of ketones is 1. The van der Waals surface area contributed by atoms with E-state index < -0.39 is 5.67 Å². The SMILES string of the molecule is CC(=O)c1ccccc1OCCC(C)(C)F. The van der Waals surface area contributed by atoms with Crippen molar-refractivity contribution in [1.29, 1.82) is 0 Å². The molecule has 0 saturated carbocycles. The van der Waals surface area contributed by atoms with Crippen LogP contribution in [0.4, 0.5) is 4.39 Å². The molecule has 0 amide bonds. The third kappa shape index (κ3) is 4.01. The van der Waals surface area contributed by atoms with Gasteiger partial charge in [0.05, 0.1) is 12.2 Å². The largest absolute Gasteiger partial charge is 0.493 e. The summed E-state index contributed by atoms with van der Waals surface area (Å²) < 4.78 is 18.6. The van der Waals surface area contributed by atoms with E-state index >= 15 is 0 Å². The molecule has 16 heavy (non-hydrogen) atoms. The van der Waals surface area contributed by atoms with Crippen molar-refractivity contribution < 1.29 is 13.9 Å². The lowest BCUT2D eigenvalue weighted by molar-refractivity contribution is 0.101. The number of alkyl halides is 1. The van der Waals surface area contributed by atoms with Gasteiger partial charge in [0.15, 0.2) is 5.78 Å². The molecule has 1 aromatic rings. The van der Waals surface area contributed by atoms with Gasteiger partial charge in [-0.2, -0.15) is 0 Å². The molecule has 0 unspecified atom stereocenters. The van der Waals surface area contributed by atoms with Crippen LogP contribution in [-0.4, -0.2) is 18.1 Å². The van der Waals surface area contributed by atoms with Crippen molar-refractivity contribution in [1.82, 2.24) is 0 Å². The van der Waals surface area contributed by atoms with Gasteiger partial charge in [0.25, 0.3) is 0 Å². The zero-order valence-corrected chi connectivity index (χ0v) is 9.92. The topological polar surface area (TPSA) is 26.3 Å². The first-order chi connectivity index (χ1) is 7.40. The zero-order valence-electron chi connectivity index (χ0n) is 9.92. The smallest absolute Gasteiger partial charge is 0.163 e. The minimum Gasteiger partial charge on any atom is -0.493 e. The number of ether oxygens (including phenoxy) is 1. The molecule has 0 atom stereocenters. The van der Waals surface area contributed by atoms with E-state index in [-0.39, 0.29) is 12.4 Å². The monoisotopic (exact) mass is 224 g/mol. The highest BCUT2D eigenvalue weighted by molar-refractivity contribution is 5.96.